The number of benzene rings is 1. The monoisotopic (exact) mass is 402 g/mol. The van der Waals surface area contributed by atoms with Gasteiger partial charge in [-0.1, -0.05) is 6.07 Å². The van der Waals surface area contributed by atoms with Gasteiger partial charge in [0.05, 0.1) is 12.3 Å². The van der Waals surface area contributed by atoms with Gasteiger partial charge >= 0.3 is 6.01 Å². The quantitative estimate of drug-likeness (QED) is 0.521. The molecule has 0 unspecified atom stereocenters. The maximum atomic E-state index is 5.33. The van der Waals surface area contributed by atoms with E-state index >= 15 is 0 Å². The Morgan fingerprint density at radius 3 is 2.40 bits per heavy atom. The van der Waals surface area contributed by atoms with Crippen molar-refractivity contribution in [3.63, 3.8) is 0 Å². The summed E-state index contributed by atoms with van der Waals surface area (Å²) in [6, 6.07) is 5.91. The van der Waals surface area contributed by atoms with E-state index in [1.165, 1.54) is 0 Å². The second-order valence-electron chi connectivity index (χ2n) is 3.56. The minimum absolute atomic E-state index is 0.195. The van der Waals surface area contributed by atoms with Crippen LogP contribution >= 0.6 is 31.9 Å². The van der Waals surface area contributed by atoms with Crippen molar-refractivity contribution >= 4 is 49.4 Å². The highest BCUT2D eigenvalue weighted by molar-refractivity contribution is 9.11. The van der Waals surface area contributed by atoms with Crippen molar-refractivity contribution in [1.29, 1.82) is 0 Å². The average molecular weight is 404 g/mol. The van der Waals surface area contributed by atoms with E-state index in [0.717, 1.165) is 14.6 Å². The van der Waals surface area contributed by atoms with E-state index in [1.807, 2.05) is 25.1 Å². The third-order valence-electron chi connectivity index (χ3n) is 2.22. The van der Waals surface area contributed by atoms with Crippen molar-refractivity contribution in [2.75, 3.05) is 17.3 Å². The summed E-state index contributed by atoms with van der Waals surface area (Å²) in [6.07, 6.45) is 0. The van der Waals surface area contributed by atoms with Gasteiger partial charge in [0.2, 0.25) is 11.9 Å². The molecule has 0 amide bonds. The topological polar surface area (TPSA) is 98.0 Å². The Kier molecular flexibility index (Phi) is 5.10. The molecule has 106 valence electrons. The summed E-state index contributed by atoms with van der Waals surface area (Å²) in [5, 5.41) is 3.08. The standard InChI is InChI=1S/C11H12Br2N6O/c1-2-20-11-17-9(16-10(18-11)19-14)15-8-6(12)4-3-5-7(8)13/h3-5H,2,14H2,1H3,(H2,15,16,17,18,19). The molecule has 0 aliphatic heterocycles. The second-order valence-corrected chi connectivity index (χ2v) is 5.27. The number of aromatic nitrogens is 3. The van der Waals surface area contributed by atoms with Gasteiger partial charge in [-0.25, -0.2) is 5.84 Å². The summed E-state index contributed by atoms with van der Waals surface area (Å²) in [6.45, 7) is 2.29. The lowest BCUT2D eigenvalue weighted by molar-refractivity contribution is 0.312. The molecular formula is C11H12Br2N6O. The number of nitrogens with two attached hydrogens (primary N) is 1. The van der Waals surface area contributed by atoms with Crippen molar-refractivity contribution in [2.45, 2.75) is 6.92 Å². The van der Waals surface area contributed by atoms with Gasteiger partial charge in [-0.2, -0.15) is 15.0 Å². The predicted octanol–water partition coefficient (Wildman–Crippen LogP) is 2.82. The molecule has 2 rings (SSSR count). The Morgan fingerprint density at radius 2 is 1.80 bits per heavy atom. The predicted molar refractivity (Wildman–Crippen MR) is 83.9 cm³/mol. The van der Waals surface area contributed by atoms with Crippen LogP contribution in [0.5, 0.6) is 6.01 Å². The number of nitrogen functional groups attached to an aromatic ring is 1. The number of ether oxygens (including phenoxy) is 1. The van der Waals surface area contributed by atoms with Crippen molar-refractivity contribution in [2.24, 2.45) is 5.84 Å². The molecule has 0 radical (unpaired) electrons. The fraction of sp³-hybridized carbons (Fsp3) is 0.182. The zero-order chi connectivity index (χ0) is 14.5. The number of hydrazine groups is 1. The lowest BCUT2D eigenvalue weighted by Gasteiger charge is -2.11. The molecular weight excluding hydrogens is 392 g/mol. The molecule has 0 spiro atoms. The minimum atomic E-state index is 0.195. The van der Waals surface area contributed by atoms with Crippen LogP contribution in [0, 0.1) is 0 Å². The summed E-state index contributed by atoms with van der Waals surface area (Å²) >= 11 is 6.91. The van der Waals surface area contributed by atoms with Crippen molar-refractivity contribution in [1.82, 2.24) is 15.0 Å². The molecule has 0 aliphatic carbocycles. The molecule has 0 saturated carbocycles. The van der Waals surface area contributed by atoms with Gasteiger partial charge in [-0.15, -0.1) is 0 Å². The van der Waals surface area contributed by atoms with Gasteiger partial charge in [0.15, 0.2) is 0 Å². The molecule has 1 heterocycles. The number of para-hydroxylation sites is 1. The lowest BCUT2D eigenvalue weighted by Crippen LogP contribution is -2.13. The lowest BCUT2D eigenvalue weighted by atomic mass is 10.3. The molecule has 0 saturated heterocycles. The van der Waals surface area contributed by atoms with Gasteiger partial charge < -0.3 is 10.1 Å². The van der Waals surface area contributed by atoms with Gasteiger partial charge in [-0.05, 0) is 50.9 Å². The Labute approximate surface area is 132 Å². The first kappa shape index (κ1) is 14.9. The number of hydrogen-bond acceptors (Lipinski definition) is 7. The first-order chi connectivity index (χ1) is 9.63. The number of rotatable bonds is 5. The highest BCUT2D eigenvalue weighted by Crippen LogP contribution is 2.32. The summed E-state index contributed by atoms with van der Waals surface area (Å²) in [5.41, 5.74) is 3.17. The third-order valence-corrected chi connectivity index (χ3v) is 3.54. The zero-order valence-corrected chi connectivity index (χ0v) is 13.7. The minimum Gasteiger partial charge on any atom is -0.464 e. The Bertz CT molecular complexity index is 589. The van der Waals surface area contributed by atoms with E-state index in [2.05, 4.69) is 57.6 Å². The second kappa shape index (κ2) is 6.82. The molecule has 1 aromatic carbocycles. The van der Waals surface area contributed by atoms with E-state index in [1.54, 1.807) is 0 Å². The Hall–Kier alpha value is -1.45. The number of nitrogens with one attached hydrogen (secondary N) is 2. The van der Waals surface area contributed by atoms with E-state index in [-0.39, 0.29) is 12.0 Å². The van der Waals surface area contributed by atoms with Crippen LogP contribution in [0.25, 0.3) is 0 Å². The van der Waals surface area contributed by atoms with E-state index in [4.69, 9.17) is 10.6 Å². The fourth-order valence-electron chi connectivity index (χ4n) is 1.40. The molecule has 0 bridgehead atoms. The van der Waals surface area contributed by atoms with Crippen molar-refractivity contribution < 1.29 is 4.74 Å². The van der Waals surface area contributed by atoms with Crippen molar-refractivity contribution in [3.8, 4) is 6.01 Å². The molecule has 2 aromatic rings. The summed E-state index contributed by atoms with van der Waals surface area (Å²) < 4.78 is 7.00. The zero-order valence-electron chi connectivity index (χ0n) is 10.5. The van der Waals surface area contributed by atoms with Crippen LogP contribution in [0.1, 0.15) is 6.92 Å². The molecule has 0 atom stereocenters. The molecule has 9 heteroatoms. The SMILES string of the molecule is CCOc1nc(NN)nc(Nc2c(Br)cccc2Br)n1. The van der Waals surface area contributed by atoms with Crippen LogP contribution in [0.2, 0.25) is 0 Å². The van der Waals surface area contributed by atoms with Crippen LogP contribution in [0.4, 0.5) is 17.6 Å². The molecule has 0 fully saturated rings. The number of nitrogens with zero attached hydrogens (tertiary/aromatic N) is 3. The molecule has 7 nitrogen and oxygen atoms in total. The van der Waals surface area contributed by atoms with Gasteiger partial charge in [-0.3, -0.25) is 5.43 Å². The highest BCUT2D eigenvalue weighted by atomic mass is 79.9. The summed E-state index contributed by atoms with van der Waals surface area (Å²) in [5.74, 6) is 5.87. The maximum Gasteiger partial charge on any atom is 0.323 e. The number of anilines is 3. The Balaban J connectivity index is 2.35. The van der Waals surface area contributed by atoms with E-state index in [0.29, 0.717) is 12.6 Å². The van der Waals surface area contributed by atoms with Crippen LogP contribution < -0.4 is 21.3 Å². The molecule has 4 N–H and O–H groups in total. The number of halogens is 2. The first-order valence-electron chi connectivity index (χ1n) is 5.70. The maximum absolute atomic E-state index is 5.33. The van der Waals surface area contributed by atoms with Crippen LogP contribution in [0.15, 0.2) is 27.1 Å². The van der Waals surface area contributed by atoms with Crippen LogP contribution in [0.3, 0.4) is 0 Å². The molecule has 0 aliphatic rings. The largest absolute Gasteiger partial charge is 0.464 e. The summed E-state index contributed by atoms with van der Waals surface area (Å²) in [4.78, 5) is 12.3. The first-order valence-corrected chi connectivity index (χ1v) is 7.29. The van der Waals surface area contributed by atoms with Gasteiger partial charge in [0.1, 0.15) is 0 Å². The highest BCUT2D eigenvalue weighted by Gasteiger charge is 2.10. The average Bonchev–Trinajstić information content (AvgIpc) is 2.43. The van der Waals surface area contributed by atoms with Gasteiger partial charge in [0, 0.05) is 8.95 Å². The Morgan fingerprint density at radius 1 is 1.15 bits per heavy atom. The van der Waals surface area contributed by atoms with Gasteiger partial charge in [0.25, 0.3) is 0 Å². The van der Waals surface area contributed by atoms with Crippen molar-refractivity contribution in [3.05, 3.63) is 27.1 Å². The smallest absolute Gasteiger partial charge is 0.323 e. The summed E-state index contributed by atoms with van der Waals surface area (Å²) in [7, 11) is 0. The van der Waals surface area contributed by atoms with Crippen LogP contribution in [-0.2, 0) is 0 Å². The van der Waals surface area contributed by atoms with E-state index < -0.39 is 0 Å². The van der Waals surface area contributed by atoms with Crippen LogP contribution in [-0.4, -0.2) is 21.6 Å². The normalized spacial score (nSPS) is 10.2. The molecule has 1 aromatic heterocycles. The third kappa shape index (κ3) is 3.56. The fourth-order valence-corrected chi connectivity index (χ4v) is 2.60. The number of hydrogen-bond donors (Lipinski definition) is 3. The van der Waals surface area contributed by atoms with E-state index in [9.17, 15) is 0 Å². The molecule has 20 heavy (non-hydrogen) atoms.